The Kier molecular flexibility index (Phi) is 5.00. The first-order valence-electron chi connectivity index (χ1n) is 5.07. The monoisotopic (exact) mass is 238 g/mol. The zero-order chi connectivity index (χ0) is 12.7. The average molecular weight is 238 g/mol. The second kappa shape index (κ2) is 6.52. The summed E-state index contributed by atoms with van der Waals surface area (Å²) in [6.07, 6.45) is 3.20. The molecule has 0 fully saturated rings. The maximum Gasteiger partial charge on any atom is 0.302 e. The summed E-state index contributed by atoms with van der Waals surface area (Å²) >= 11 is 0. The van der Waals surface area contributed by atoms with Gasteiger partial charge in [0.25, 0.3) is 0 Å². The Morgan fingerprint density at radius 1 is 1.24 bits per heavy atom. The molecule has 92 valence electrons. The van der Waals surface area contributed by atoms with Crippen molar-refractivity contribution in [1.82, 2.24) is 0 Å². The molecule has 5 heteroatoms. The minimum Gasteiger partial charge on any atom is -0.465 e. The highest BCUT2D eigenvalue weighted by molar-refractivity contribution is 5.67. The van der Waals surface area contributed by atoms with Crippen LogP contribution in [0.1, 0.15) is 19.6 Å². The Labute approximate surface area is 99.0 Å². The van der Waals surface area contributed by atoms with Crippen LogP contribution in [-0.2, 0) is 19.1 Å². The van der Waals surface area contributed by atoms with E-state index >= 15 is 0 Å². The summed E-state index contributed by atoms with van der Waals surface area (Å²) in [5, 5.41) is 0. The molecule has 0 amide bonds. The van der Waals surface area contributed by atoms with E-state index in [4.69, 9.17) is 13.9 Å². The van der Waals surface area contributed by atoms with Crippen molar-refractivity contribution in [2.24, 2.45) is 0 Å². The third-order valence-electron chi connectivity index (χ3n) is 1.81. The van der Waals surface area contributed by atoms with Crippen LogP contribution in [0.3, 0.4) is 0 Å². The molecule has 0 aliphatic heterocycles. The molecule has 0 saturated heterocycles. The summed E-state index contributed by atoms with van der Waals surface area (Å²) < 4.78 is 14.8. The predicted octanol–water partition coefficient (Wildman–Crippen LogP) is 1.79. The number of esters is 2. The molecule has 0 saturated carbocycles. The number of hydrogen-bond acceptors (Lipinski definition) is 5. The van der Waals surface area contributed by atoms with E-state index in [2.05, 4.69) is 0 Å². The normalized spacial score (nSPS) is 9.53. The number of furan rings is 1. The minimum absolute atomic E-state index is 0.0727. The van der Waals surface area contributed by atoms with Crippen molar-refractivity contribution >= 4 is 18.0 Å². The third kappa shape index (κ3) is 5.55. The van der Waals surface area contributed by atoms with Gasteiger partial charge in [0.05, 0.1) is 6.26 Å². The predicted molar refractivity (Wildman–Crippen MR) is 60.0 cm³/mol. The van der Waals surface area contributed by atoms with Crippen LogP contribution in [0.15, 0.2) is 28.4 Å². The second-order valence-corrected chi connectivity index (χ2v) is 3.38. The highest BCUT2D eigenvalue weighted by Crippen LogP contribution is 2.08. The van der Waals surface area contributed by atoms with Gasteiger partial charge < -0.3 is 13.9 Å². The lowest BCUT2D eigenvalue weighted by molar-refractivity contribution is -0.141. The maximum absolute atomic E-state index is 10.7. The van der Waals surface area contributed by atoms with Crippen LogP contribution in [0.2, 0.25) is 0 Å². The molecular weight excluding hydrogens is 224 g/mol. The fourth-order valence-electron chi connectivity index (χ4n) is 1.09. The van der Waals surface area contributed by atoms with Crippen molar-refractivity contribution in [3.05, 3.63) is 29.7 Å². The van der Waals surface area contributed by atoms with Gasteiger partial charge >= 0.3 is 11.9 Å². The zero-order valence-electron chi connectivity index (χ0n) is 9.76. The Morgan fingerprint density at radius 3 is 2.24 bits per heavy atom. The average Bonchev–Trinajstić information content (AvgIpc) is 2.74. The molecule has 0 N–H and O–H groups in total. The fourth-order valence-corrected chi connectivity index (χ4v) is 1.09. The van der Waals surface area contributed by atoms with E-state index in [0.29, 0.717) is 11.3 Å². The largest absolute Gasteiger partial charge is 0.465 e. The quantitative estimate of drug-likeness (QED) is 0.731. The Balaban J connectivity index is 2.64. The molecule has 17 heavy (non-hydrogen) atoms. The van der Waals surface area contributed by atoms with Gasteiger partial charge in [-0.1, -0.05) is 0 Å². The van der Waals surface area contributed by atoms with Gasteiger partial charge in [-0.2, -0.15) is 0 Å². The third-order valence-corrected chi connectivity index (χ3v) is 1.81. The van der Waals surface area contributed by atoms with Gasteiger partial charge in [0.1, 0.15) is 19.0 Å². The molecule has 1 rings (SSSR count). The fraction of sp³-hybridized carbons (Fsp3) is 0.333. The minimum atomic E-state index is -0.391. The first kappa shape index (κ1) is 13.0. The topological polar surface area (TPSA) is 65.7 Å². The van der Waals surface area contributed by atoms with Crippen molar-refractivity contribution in [2.45, 2.75) is 13.8 Å². The van der Waals surface area contributed by atoms with Crippen LogP contribution >= 0.6 is 0 Å². The van der Waals surface area contributed by atoms with Crippen molar-refractivity contribution in [2.75, 3.05) is 13.2 Å². The van der Waals surface area contributed by atoms with Crippen molar-refractivity contribution < 1.29 is 23.5 Å². The van der Waals surface area contributed by atoms with E-state index in [1.54, 1.807) is 18.2 Å². The molecule has 0 radical (unpaired) electrons. The standard InChI is InChI=1S/C12H14O5/c1-9(13)16-7-11(8-17-10(2)14)6-12-4-3-5-15-12/h3-6H,7-8H2,1-2H3. The van der Waals surface area contributed by atoms with Crippen LogP contribution < -0.4 is 0 Å². The molecule has 1 aromatic rings. The van der Waals surface area contributed by atoms with E-state index in [-0.39, 0.29) is 13.2 Å². The van der Waals surface area contributed by atoms with Crippen LogP contribution in [0.5, 0.6) is 0 Å². The van der Waals surface area contributed by atoms with Gasteiger partial charge in [-0.25, -0.2) is 0 Å². The molecule has 1 heterocycles. The van der Waals surface area contributed by atoms with Crippen LogP contribution in [-0.4, -0.2) is 25.2 Å². The van der Waals surface area contributed by atoms with Gasteiger partial charge in [-0.3, -0.25) is 9.59 Å². The second-order valence-electron chi connectivity index (χ2n) is 3.38. The lowest BCUT2D eigenvalue weighted by Crippen LogP contribution is -2.10. The maximum atomic E-state index is 10.7. The molecule has 0 bridgehead atoms. The van der Waals surface area contributed by atoms with E-state index in [1.807, 2.05) is 0 Å². The summed E-state index contributed by atoms with van der Waals surface area (Å²) in [6, 6.07) is 3.49. The Bertz CT molecular complexity index is 383. The molecule has 0 spiro atoms. The SMILES string of the molecule is CC(=O)OCC(=Cc1ccco1)COC(C)=O. The lowest BCUT2D eigenvalue weighted by Gasteiger charge is -2.07. The molecule has 0 aromatic carbocycles. The highest BCUT2D eigenvalue weighted by atomic mass is 16.5. The van der Waals surface area contributed by atoms with Crippen molar-refractivity contribution in [3.8, 4) is 0 Å². The molecule has 0 aliphatic rings. The van der Waals surface area contributed by atoms with Gasteiger partial charge in [0.15, 0.2) is 0 Å². The van der Waals surface area contributed by atoms with Crippen LogP contribution in [0.4, 0.5) is 0 Å². The van der Waals surface area contributed by atoms with Gasteiger partial charge in [0.2, 0.25) is 0 Å². The summed E-state index contributed by atoms with van der Waals surface area (Å²) in [4.78, 5) is 21.4. The first-order chi connectivity index (χ1) is 8.08. The molecule has 0 atom stereocenters. The van der Waals surface area contributed by atoms with Crippen molar-refractivity contribution in [3.63, 3.8) is 0 Å². The summed E-state index contributed by atoms with van der Waals surface area (Å²) in [5.74, 6) is -0.171. The van der Waals surface area contributed by atoms with E-state index < -0.39 is 11.9 Å². The summed E-state index contributed by atoms with van der Waals surface area (Å²) in [5.41, 5.74) is 0.644. The number of rotatable bonds is 5. The van der Waals surface area contributed by atoms with Gasteiger partial charge in [-0.15, -0.1) is 0 Å². The van der Waals surface area contributed by atoms with E-state index in [9.17, 15) is 9.59 Å². The number of carbonyl (C=O) groups is 2. The number of carbonyl (C=O) groups excluding carboxylic acids is 2. The number of hydrogen-bond donors (Lipinski definition) is 0. The molecular formula is C12H14O5. The van der Waals surface area contributed by atoms with E-state index in [1.165, 1.54) is 20.1 Å². The smallest absolute Gasteiger partial charge is 0.302 e. The molecule has 0 unspecified atom stereocenters. The zero-order valence-corrected chi connectivity index (χ0v) is 9.76. The van der Waals surface area contributed by atoms with Gasteiger partial charge in [-0.05, 0) is 18.2 Å². The molecule has 1 aromatic heterocycles. The Hall–Kier alpha value is -2.04. The molecule has 0 aliphatic carbocycles. The summed E-state index contributed by atoms with van der Waals surface area (Å²) in [6.45, 7) is 2.78. The number of ether oxygens (including phenoxy) is 2. The lowest BCUT2D eigenvalue weighted by atomic mass is 10.2. The van der Waals surface area contributed by atoms with Gasteiger partial charge in [0, 0.05) is 19.4 Å². The molecule has 5 nitrogen and oxygen atoms in total. The van der Waals surface area contributed by atoms with Crippen LogP contribution in [0.25, 0.3) is 6.08 Å². The highest BCUT2D eigenvalue weighted by Gasteiger charge is 2.04. The van der Waals surface area contributed by atoms with Crippen molar-refractivity contribution in [1.29, 1.82) is 0 Å². The first-order valence-corrected chi connectivity index (χ1v) is 5.07. The van der Waals surface area contributed by atoms with E-state index in [0.717, 1.165) is 0 Å². The summed E-state index contributed by atoms with van der Waals surface area (Å²) in [7, 11) is 0. The van der Waals surface area contributed by atoms with Crippen LogP contribution in [0, 0.1) is 0 Å². The Morgan fingerprint density at radius 2 is 1.82 bits per heavy atom.